The number of rotatable bonds is 5. The van der Waals surface area contributed by atoms with Gasteiger partial charge in [-0.3, -0.25) is 4.79 Å². The van der Waals surface area contributed by atoms with Crippen LogP contribution >= 0.6 is 11.6 Å². The zero-order valence-electron chi connectivity index (χ0n) is 19.2. The Bertz CT molecular complexity index is 1160. The van der Waals surface area contributed by atoms with Crippen LogP contribution in [0.15, 0.2) is 23.0 Å². The first-order valence-electron chi connectivity index (χ1n) is 11.3. The molecule has 2 aromatic heterocycles. The molecule has 0 radical (unpaired) electrons. The van der Waals surface area contributed by atoms with E-state index in [1.807, 2.05) is 19.2 Å². The zero-order valence-corrected chi connectivity index (χ0v) is 20.0. The monoisotopic (exact) mass is 468 g/mol. The van der Waals surface area contributed by atoms with Crippen LogP contribution in [-0.2, 0) is 4.79 Å². The van der Waals surface area contributed by atoms with Gasteiger partial charge in [-0.2, -0.15) is 10.4 Å². The number of fused-ring (bicyclic) bond motifs is 1. The van der Waals surface area contributed by atoms with Crippen LogP contribution < -0.4 is 10.2 Å². The number of nitrogens with one attached hydrogen (secondary N) is 2. The average Bonchev–Trinajstić information content (AvgIpc) is 3.45. The molecule has 2 aliphatic heterocycles. The minimum Gasteiger partial charge on any atom is -0.382 e. The number of carbonyl (C=O) groups excluding carboxylic acids is 1. The van der Waals surface area contributed by atoms with Gasteiger partial charge < -0.3 is 20.5 Å². The summed E-state index contributed by atoms with van der Waals surface area (Å²) >= 11 is 6.26. The van der Waals surface area contributed by atoms with Crippen molar-refractivity contribution in [1.82, 2.24) is 24.8 Å². The molecule has 0 spiro atoms. The number of halogens is 1. The third-order valence-corrected chi connectivity index (χ3v) is 6.88. The molecule has 4 heterocycles. The highest BCUT2D eigenvalue weighted by Crippen LogP contribution is 2.33. The molecule has 33 heavy (non-hydrogen) atoms. The Morgan fingerprint density at radius 3 is 2.79 bits per heavy atom. The largest absolute Gasteiger partial charge is 0.382 e. The molecular formula is C23H29ClN8O. The van der Waals surface area contributed by atoms with Gasteiger partial charge in [-0.25, -0.2) is 9.50 Å². The standard InChI is InChI=1S/C23H29ClN8O/c1-14-12-32-19(28-22(14)30-9-7-16(11-25)13-30)10-17(29-32)18-6-4-5-8-31(18)23(33)21(27-3)20(24)15(2)26/h10,12,16,18,26-27H,4-9,13H2,1-3H3/b21-20+,26-15?/t16?,18-/m0/s1. The molecule has 2 atom stereocenters. The quantitative estimate of drug-likeness (QED) is 0.514. The molecule has 2 aliphatic rings. The smallest absolute Gasteiger partial charge is 0.272 e. The molecule has 9 nitrogen and oxygen atoms in total. The number of hydrogen-bond acceptors (Lipinski definition) is 7. The lowest BCUT2D eigenvalue weighted by Crippen LogP contribution is -2.42. The maximum atomic E-state index is 13.4. The lowest BCUT2D eigenvalue weighted by molar-refractivity contribution is -0.131. The van der Waals surface area contributed by atoms with Crippen LogP contribution in [0.2, 0.25) is 0 Å². The Labute approximate surface area is 198 Å². The molecule has 2 fully saturated rings. The fourth-order valence-corrected chi connectivity index (χ4v) is 4.86. The van der Waals surface area contributed by atoms with E-state index in [-0.39, 0.29) is 34.3 Å². The topological polar surface area (TPSA) is 113 Å². The SMILES string of the molecule is CN/C(C(=O)N1CCCC[C@H]1c1cc2nc(N3CCC(C#N)C3)c(C)cn2n1)=C(/Cl)C(C)=N. The van der Waals surface area contributed by atoms with Crippen molar-refractivity contribution in [1.29, 1.82) is 10.7 Å². The van der Waals surface area contributed by atoms with Crippen molar-refractivity contribution in [3.05, 3.63) is 34.2 Å². The Morgan fingerprint density at radius 1 is 1.33 bits per heavy atom. The summed E-state index contributed by atoms with van der Waals surface area (Å²) in [6.07, 6.45) is 5.52. The van der Waals surface area contributed by atoms with E-state index in [0.29, 0.717) is 13.1 Å². The Kier molecular flexibility index (Phi) is 6.56. The highest BCUT2D eigenvalue weighted by molar-refractivity contribution is 6.44. The van der Waals surface area contributed by atoms with E-state index in [1.54, 1.807) is 23.4 Å². The number of nitriles is 1. The van der Waals surface area contributed by atoms with Gasteiger partial charge in [0.15, 0.2) is 5.65 Å². The molecule has 1 amide bonds. The van der Waals surface area contributed by atoms with Gasteiger partial charge in [0.25, 0.3) is 5.91 Å². The first kappa shape index (κ1) is 23.1. The lowest BCUT2D eigenvalue weighted by Gasteiger charge is -2.35. The Hall–Kier alpha value is -3.12. The molecular weight excluding hydrogens is 440 g/mol. The van der Waals surface area contributed by atoms with Crippen LogP contribution in [0.5, 0.6) is 0 Å². The average molecular weight is 469 g/mol. The fraction of sp³-hybridized carbons (Fsp3) is 0.522. The second kappa shape index (κ2) is 9.40. The first-order chi connectivity index (χ1) is 15.8. The van der Waals surface area contributed by atoms with Crippen molar-refractivity contribution >= 4 is 34.7 Å². The normalized spacial score (nSPS) is 21.7. The maximum absolute atomic E-state index is 13.4. The Morgan fingerprint density at radius 2 is 2.12 bits per heavy atom. The third kappa shape index (κ3) is 4.40. The predicted molar refractivity (Wildman–Crippen MR) is 127 cm³/mol. The van der Waals surface area contributed by atoms with E-state index in [4.69, 9.17) is 27.1 Å². The second-order valence-electron chi connectivity index (χ2n) is 8.75. The molecule has 174 valence electrons. The third-order valence-electron chi connectivity index (χ3n) is 6.41. The number of likely N-dealkylation sites (tertiary alicyclic amines) is 1. The number of carbonyl (C=O) groups is 1. The van der Waals surface area contributed by atoms with E-state index < -0.39 is 0 Å². The predicted octanol–water partition coefficient (Wildman–Crippen LogP) is 3.15. The van der Waals surface area contributed by atoms with Crippen LogP contribution in [0.3, 0.4) is 0 Å². The number of nitrogens with zero attached hydrogens (tertiary/aromatic N) is 6. The number of aromatic nitrogens is 3. The summed E-state index contributed by atoms with van der Waals surface area (Å²) in [7, 11) is 1.64. The van der Waals surface area contributed by atoms with Gasteiger partial charge in [-0.05, 0) is 39.5 Å². The van der Waals surface area contributed by atoms with Crippen molar-refractivity contribution in [2.45, 2.75) is 45.6 Å². The van der Waals surface area contributed by atoms with Gasteiger partial charge >= 0.3 is 0 Å². The van der Waals surface area contributed by atoms with Gasteiger partial charge in [-0.15, -0.1) is 0 Å². The highest BCUT2D eigenvalue weighted by atomic mass is 35.5. The Balaban J connectivity index is 1.67. The number of hydrogen-bond donors (Lipinski definition) is 2. The minimum atomic E-state index is -0.222. The van der Waals surface area contributed by atoms with E-state index in [0.717, 1.165) is 55.0 Å². The zero-order chi connectivity index (χ0) is 23.7. The summed E-state index contributed by atoms with van der Waals surface area (Å²) in [5.74, 6) is 0.702. The lowest BCUT2D eigenvalue weighted by atomic mass is 9.98. The summed E-state index contributed by atoms with van der Waals surface area (Å²) in [6, 6.07) is 4.11. The highest BCUT2D eigenvalue weighted by Gasteiger charge is 2.33. The molecule has 0 saturated carbocycles. The molecule has 2 saturated heterocycles. The minimum absolute atomic E-state index is 0.0376. The van der Waals surface area contributed by atoms with Crippen molar-refractivity contribution in [2.75, 3.05) is 31.6 Å². The number of aryl methyl sites for hydroxylation is 1. The van der Waals surface area contributed by atoms with Gasteiger partial charge in [-0.1, -0.05) is 11.6 Å². The van der Waals surface area contributed by atoms with E-state index in [2.05, 4.69) is 16.3 Å². The molecule has 2 N–H and O–H groups in total. The summed E-state index contributed by atoms with van der Waals surface area (Å²) in [5, 5.41) is 24.8. The van der Waals surface area contributed by atoms with Crippen LogP contribution in [0.4, 0.5) is 5.82 Å². The van der Waals surface area contributed by atoms with Crippen LogP contribution in [0.1, 0.15) is 49.9 Å². The molecule has 0 aromatic carbocycles. The number of likely N-dealkylation sites (N-methyl/N-ethyl adjacent to an activating group) is 1. The van der Waals surface area contributed by atoms with Crippen molar-refractivity contribution in [3.8, 4) is 6.07 Å². The maximum Gasteiger partial charge on any atom is 0.272 e. The van der Waals surface area contributed by atoms with Crippen molar-refractivity contribution in [3.63, 3.8) is 0 Å². The van der Waals surface area contributed by atoms with E-state index in [9.17, 15) is 10.1 Å². The first-order valence-corrected chi connectivity index (χ1v) is 11.7. The molecule has 0 aliphatic carbocycles. The van der Waals surface area contributed by atoms with Crippen LogP contribution in [0.25, 0.3) is 5.65 Å². The number of allylic oxidation sites excluding steroid dienone is 1. The van der Waals surface area contributed by atoms with Gasteiger partial charge in [0.2, 0.25) is 0 Å². The molecule has 4 rings (SSSR count). The fourth-order valence-electron chi connectivity index (χ4n) is 4.68. The molecule has 2 aromatic rings. The number of amides is 1. The van der Waals surface area contributed by atoms with Crippen LogP contribution in [0, 0.1) is 29.6 Å². The van der Waals surface area contributed by atoms with E-state index >= 15 is 0 Å². The van der Waals surface area contributed by atoms with Crippen molar-refractivity contribution in [2.24, 2.45) is 5.92 Å². The number of piperidine rings is 1. The van der Waals surface area contributed by atoms with E-state index in [1.165, 1.54) is 0 Å². The summed E-state index contributed by atoms with van der Waals surface area (Å²) in [4.78, 5) is 22.2. The van der Waals surface area contributed by atoms with Gasteiger partial charge in [0.1, 0.15) is 11.5 Å². The summed E-state index contributed by atoms with van der Waals surface area (Å²) < 4.78 is 1.77. The van der Waals surface area contributed by atoms with Crippen LogP contribution in [-0.4, -0.2) is 57.8 Å². The summed E-state index contributed by atoms with van der Waals surface area (Å²) in [5.41, 5.74) is 2.89. The van der Waals surface area contributed by atoms with Gasteiger partial charge in [0.05, 0.1) is 28.8 Å². The summed E-state index contributed by atoms with van der Waals surface area (Å²) in [6.45, 7) is 5.68. The van der Waals surface area contributed by atoms with Gasteiger partial charge in [0, 0.05) is 50.2 Å². The molecule has 1 unspecified atom stereocenters. The molecule has 10 heteroatoms. The molecule has 0 bridgehead atoms. The second-order valence-corrected chi connectivity index (χ2v) is 9.13. The van der Waals surface area contributed by atoms with Crippen molar-refractivity contribution < 1.29 is 4.79 Å². The number of anilines is 1.